The van der Waals surface area contributed by atoms with E-state index in [0.29, 0.717) is 16.4 Å². The molecule has 0 unspecified atom stereocenters. The molecule has 0 fully saturated rings. The van der Waals surface area contributed by atoms with Crippen molar-refractivity contribution in [2.24, 2.45) is 0 Å². The van der Waals surface area contributed by atoms with Gasteiger partial charge in [-0.25, -0.2) is 0 Å². The van der Waals surface area contributed by atoms with Crippen LogP contribution in [-0.4, -0.2) is 22.7 Å². The molecule has 1 heterocycles. The van der Waals surface area contributed by atoms with Crippen molar-refractivity contribution in [1.29, 1.82) is 0 Å². The number of carbonyl (C=O) groups excluding carboxylic acids is 1. The van der Waals surface area contributed by atoms with E-state index in [0.717, 1.165) is 0 Å². The second-order valence-electron chi connectivity index (χ2n) is 4.54. The molecule has 0 saturated carbocycles. The zero-order valence-electron chi connectivity index (χ0n) is 11.9. The average molecular weight is 323 g/mol. The summed E-state index contributed by atoms with van der Waals surface area (Å²) in [6.45, 7) is -0.414. The Morgan fingerprint density at radius 3 is 2.64 bits per heavy atom. The monoisotopic (exact) mass is 322 g/mol. The van der Waals surface area contributed by atoms with Crippen LogP contribution < -0.4 is 15.5 Å². The Bertz CT molecular complexity index is 725. The molecule has 7 heteroatoms. The molecule has 2 rings (SSSR count). The van der Waals surface area contributed by atoms with Gasteiger partial charge in [-0.3, -0.25) is 9.59 Å². The number of nitrogens with one attached hydrogen (secondary N) is 1. The summed E-state index contributed by atoms with van der Waals surface area (Å²) >= 11 is 5.78. The van der Waals surface area contributed by atoms with E-state index in [-0.39, 0.29) is 30.2 Å². The SMILES string of the molecule is COc1cn(CC(=O)Nc2ccc(Cl)cc2)c(CO)cc1=O. The lowest BCUT2D eigenvalue weighted by molar-refractivity contribution is -0.116. The van der Waals surface area contributed by atoms with Crippen molar-refractivity contribution in [3.8, 4) is 5.75 Å². The molecule has 0 atom stereocenters. The van der Waals surface area contributed by atoms with E-state index >= 15 is 0 Å². The topological polar surface area (TPSA) is 80.6 Å². The molecule has 0 saturated heterocycles. The van der Waals surface area contributed by atoms with Crippen LogP contribution in [0.15, 0.2) is 41.3 Å². The first kappa shape index (κ1) is 16.1. The number of rotatable bonds is 5. The number of carbonyl (C=O) groups is 1. The second kappa shape index (κ2) is 7.11. The molecule has 0 bridgehead atoms. The van der Waals surface area contributed by atoms with Crippen LogP contribution in [0, 0.1) is 0 Å². The lowest BCUT2D eigenvalue weighted by atomic mass is 10.3. The molecule has 0 aliphatic carbocycles. The number of pyridine rings is 1. The third-order valence-electron chi connectivity index (χ3n) is 3.01. The van der Waals surface area contributed by atoms with Gasteiger partial charge in [-0.2, -0.15) is 0 Å². The number of nitrogens with zero attached hydrogens (tertiary/aromatic N) is 1. The van der Waals surface area contributed by atoms with Crippen molar-refractivity contribution in [2.45, 2.75) is 13.2 Å². The molecule has 1 aromatic heterocycles. The van der Waals surface area contributed by atoms with Crippen molar-refractivity contribution in [3.63, 3.8) is 0 Å². The molecule has 2 N–H and O–H groups in total. The van der Waals surface area contributed by atoms with Gasteiger partial charge in [0, 0.05) is 22.5 Å². The van der Waals surface area contributed by atoms with E-state index in [1.165, 1.54) is 23.9 Å². The van der Waals surface area contributed by atoms with Crippen molar-refractivity contribution in [2.75, 3.05) is 12.4 Å². The number of halogens is 1. The van der Waals surface area contributed by atoms with Crippen LogP contribution in [0.1, 0.15) is 5.69 Å². The highest BCUT2D eigenvalue weighted by Gasteiger charge is 2.10. The second-order valence-corrected chi connectivity index (χ2v) is 4.97. The first-order chi connectivity index (χ1) is 10.5. The summed E-state index contributed by atoms with van der Waals surface area (Å²) in [5, 5.41) is 12.6. The maximum Gasteiger partial charge on any atom is 0.244 e. The molecule has 0 aliphatic rings. The number of anilines is 1. The summed E-state index contributed by atoms with van der Waals surface area (Å²) in [5.74, 6) is -0.195. The van der Waals surface area contributed by atoms with Crippen LogP contribution in [0.25, 0.3) is 0 Å². The van der Waals surface area contributed by atoms with Crippen molar-refractivity contribution >= 4 is 23.2 Å². The Balaban J connectivity index is 2.17. The quantitative estimate of drug-likeness (QED) is 0.877. The largest absolute Gasteiger partial charge is 0.491 e. The lowest BCUT2D eigenvalue weighted by Gasteiger charge is -2.13. The summed E-state index contributed by atoms with van der Waals surface area (Å²) in [5.41, 5.74) is 0.589. The minimum atomic E-state index is -0.354. The van der Waals surface area contributed by atoms with Gasteiger partial charge >= 0.3 is 0 Å². The zero-order valence-corrected chi connectivity index (χ0v) is 12.6. The maximum absolute atomic E-state index is 12.1. The van der Waals surface area contributed by atoms with E-state index in [1.54, 1.807) is 24.3 Å². The Hall–Kier alpha value is -2.31. The standard InChI is InChI=1S/C15H15ClN2O4/c1-22-14-7-18(12(9-19)6-13(14)20)8-15(21)17-11-4-2-10(16)3-5-11/h2-7,19H,8-9H2,1H3,(H,17,21). The molecule has 0 spiro atoms. The molecule has 1 aromatic carbocycles. The molecule has 1 amide bonds. The molecule has 0 aliphatic heterocycles. The van der Waals surface area contributed by atoms with Gasteiger partial charge in [0.05, 0.1) is 19.9 Å². The van der Waals surface area contributed by atoms with E-state index in [1.807, 2.05) is 0 Å². The molecular formula is C15H15ClN2O4. The van der Waals surface area contributed by atoms with Crippen LogP contribution in [0.2, 0.25) is 5.02 Å². The zero-order chi connectivity index (χ0) is 16.1. The van der Waals surface area contributed by atoms with E-state index in [2.05, 4.69) is 5.32 Å². The van der Waals surface area contributed by atoms with Crippen molar-refractivity contribution in [3.05, 3.63) is 57.5 Å². The average Bonchev–Trinajstić information content (AvgIpc) is 2.50. The normalized spacial score (nSPS) is 10.3. The molecule has 0 radical (unpaired) electrons. The molecule has 2 aromatic rings. The van der Waals surface area contributed by atoms with Crippen LogP contribution in [-0.2, 0) is 17.9 Å². The Morgan fingerprint density at radius 1 is 1.36 bits per heavy atom. The summed E-state index contributed by atoms with van der Waals surface area (Å²) in [6, 6.07) is 7.93. The predicted molar refractivity (Wildman–Crippen MR) is 83.3 cm³/mol. The molecule has 22 heavy (non-hydrogen) atoms. The summed E-state index contributed by atoms with van der Waals surface area (Å²) in [4.78, 5) is 23.7. The van der Waals surface area contributed by atoms with Crippen LogP contribution >= 0.6 is 11.6 Å². The number of ether oxygens (including phenoxy) is 1. The van der Waals surface area contributed by atoms with E-state index in [4.69, 9.17) is 16.3 Å². The Labute approximate surface area is 131 Å². The first-order valence-corrected chi connectivity index (χ1v) is 6.85. The fraction of sp³-hybridized carbons (Fsp3) is 0.200. The van der Waals surface area contributed by atoms with Gasteiger partial charge in [0.2, 0.25) is 11.3 Å². The molecular weight excluding hydrogens is 308 g/mol. The number of aromatic nitrogens is 1. The number of amides is 1. The minimum absolute atomic E-state index is 0.0604. The van der Waals surface area contributed by atoms with Gasteiger partial charge in [-0.05, 0) is 24.3 Å². The third-order valence-corrected chi connectivity index (χ3v) is 3.26. The molecule has 6 nitrogen and oxygen atoms in total. The predicted octanol–water partition coefficient (Wildman–Crippen LogP) is 1.64. The van der Waals surface area contributed by atoms with Gasteiger partial charge in [0.1, 0.15) is 6.54 Å². The highest BCUT2D eigenvalue weighted by Crippen LogP contribution is 2.14. The van der Waals surface area contributed by atoms with Crippen LogP contribution in [0.3, 0.4) is 0 Å². The van der Waals surface area contributed by atoms with Gasteiger partial charge in [0.15, 0.2) is 5.75 Å². The van der Waals surface area contributed by atoms with Crippen LogP contribution in [0.5, 0.6) is 5.75 Å². The third kappa shape index (κ3) is 3.87. The van der Waals surface area contributed by atoms with Gasteiger partial charge in [-0.15, -0.1) is 0 Å². The summed E-state index contributed by atoms with van der Waals surface area (Å²) in [6.07, 6.45) is 1.40. The number of hydrogen-bond donors (Lipinski definition) is 2. The smallest absolute Gasteiger partial charge is 0.244 e. The number of methoxy groups -OCH3 is 1. The lowest BCUT2D eigenvalue weighted by Crippen LogP contribution is -2.23. The highest BCUT2D eigenvalue weighted by molar-refractivity contribution is 6.30. The van der Waals surface area contributed by atoms with E-state index < -0.39 is 0 Å². The minimum Gasteiger partial charge on any atom is -0.491 e. The fourth-order valence-corrected chi connectivity index (χ4v) is 2.04. The van der Waals surface area contributed by atoms with Crippen LogP contribution in [0.4, 0.5) is 5.69 Å². The van der Waals surface area contributed by atoms with Gasteiger partial charge in [-0.1, -0.05) is 11.6 Å². The van der Waals surface area contributed by atoms with Gasteiger partial charge < -0.3 is 19.7 Å². The maximum atomic E-state index is 12.1. The number of aliphatic hydroxyl groups is 1. The molecule has 116 valence electrons. The number of aliphatic hydroxyl groups excluding tert-OH is 1. The summed E-state index contributed by atoms with van der Waals surface area (Å²) in [7, 11) is 1.37. The fourth-order valence-electron chi connectivity index (χ4n) is 1.92. The highest BCUT2D eigenvalue weighted by atomic mass is 35.5. The van der Waals surface area contributed by atoms with Crippen molar-refractivity contribution in [1.82, 2.24) is 4.57 Å². The first-order valence-electron chi connectivity index (χ1n) is 6.47. The van der Waals surface area contributed by atoms with Gasteiger partial charge in [0.25, 0.3) is 0 Å². The summed E-state index contributed by atoms with van der Waals surface area (Å²) < 4.78 is 6.40. The Kier molecular flexibility index (Phi) is 5.19. The van der Waals surface area contributed by atoms with Crippen molar-refractivity contribution < 1.29 is 14.6 Å². The Morgan fingerprint density at radius 2 is 2.05 bits per heavy atom. The number of hydrogen-bond acceptors (Lipinski definition) is 4. The number of benzene rings is 1. The van der Waals surface area contributed by atoms with E-state index in [9.17, 15) is 14.7 Å².